The second kappa shape index (κ2) is 11.7. The van der Waals surface area contributed by atoms with Gasteiger partial charge in [-0.25, -0.2) is 9.37 Å². The number of carbonyl (C=O) groups excluding carboxylic acids is 1. The van der Waals surface area contributed by atoms with E-state index >= 15 is 0 Å². The van der Waals surface area contributed by atoms with Gasteiger partial charge in [-0.05, 0) is 62.7 Å². The molecule has 0 atom stereocenters. The molecule has 1 aromatic carbocycles. The fourth-order valence-electron chi connectivity index (χ4n) is 3.06. The van der Waals surface area contributed by atoms with Gasteiger partial charge < -0.3 is 20.0 Å². The van der Waals surface area contributed by atoms with E-state index in [4.69, 9.17) is 10.1 Å². The lowest BCUT2D eigenvalue weighted by Gasteiger charge is -2.28. The minimum atomic E-state index is -4.77. The quantitative estimate of drug-likeness (QED) is 0.383. The van der Waals surface area contributed by atoms with Crippen LogP contribution in [0.25, 0.3) is 5.57 Å². The molecule has 32 heavy (non-hydrogen) atoms. The van der Waals surface area contributed by atoms with E-state index in [1.54, 1.807) is 0 Å². The standard InChI is InChI=1S/C14H9F4N3O.C8H17NO/c15-9-3-1-8(2-4-9)12(19)5-11(14(16,17)18)13-20-6-10(7-22)21-13;1-3-10-8-4-6-9(2)7-5-8/h1-7,19H,(H,20,21);8H,3-7H2,1-2H3/b11-5+,19-12?;. The molecule has 0 amide bonds. The van der Waals surface area contributed by atoms with Crippen molar-refractivity contribution in [3.63, 3.8) is 0 Å². The molecule has 0 saturated carbocycles. The second-order valence-electron chi connectivity index (χ2n) is 7.24. The number of alkyl halides is 3. The molecule has 2 N–H and O–H groups in total. The Morgan fingerprint density at radius 2 is 1.91 bits per heavy atom. The van der Waals surface area contributed by atoms with Crippen LogP contribution < -0.4 is 0 Å². The predicted molar refractivity (Wildman–Crippen MR) is 113 cm³/mol. The second-order valence-corrected chi connectivity index (χ2v) is 7.24. The highest BCUT2D eigenvalue weighted by atomic mass is 19.4. The van der Waals surface area contributed by atoms with Gasteiger partial charge in [0.2, 0.25) is 0 Å². The largest absolute Gasteiger partial charge is 0.420 e. The average molecular weight is 454 g/mol. The summed E-state index contributed by atoms with van der Waals surface area (Å²) in [7, 11) is 2.17. The van der Waals surface area contributed by atoms with Crippen molar-refractivity contribution in [1.82, 2.24) is 14.9 Å². The van der Waals surface area contributed by atoms with Crippen LogP contribution in [0.4, 0.5) is 17.6 Å². The Labute approximate surface area is 183 Å². The number of aromatic amines is 1. The summed E-state index contributed by atoms with van der Waals surface area (Å²) in [5.74, 6) is -1.13. The molecule has 1 fully saturated rings. The third kappa shape index (κ3) is 7.69. The van der Waals surface area contributed by atoms with Gasteiger partial charge in [0.15, 0.2) is 6.29 Å². The highest BCUT2D eigenvalue weighted by Gasteiger charge is 2.37. The average Bonchev–Trinajstić information content (AvgIpc) is 3.22. The summed E-state index contributed by atoms with van der Waals surface area (Å²) in [6, 6.07) is 4.48. The summed E-state index contributed by atoms with van der Waals surface area (Å²) in [4.78, 5) is 18.6. The monoisotopic (exact) mass is 454 g/mol. The molecular weight excluding hydrogens is 428 g/mol. The molecule has 1 aromatic heterocycles. The summed E-state index contributed by atoms with van der Waals surface area (Å²) < 4.78 is 57.6. The third-order valence-corrected chi connectivity index (χ3v) is 4.79. The number of piperidine rings is 1. The smallest absolute Gasteiger partial charge is 0.378 e. The van der Waals surface area contributed by atoms with E-state index in [2.05, 4.69) is 28.8 Å². The van der Waals surface area contributed by atoms with Crippen molar-refractivity contribution < 1.29 is 27.1 Å². The van der Waals surface area contributed by atoms with Gasteiger partial charge in [0.1, 0.15) is 17.2 Å². The molecule has 0 aliphatic carbocycles. The molecule has 2 aromatic rings. The Morgan fingerprint density at radius 3 is 2.41 bits per heavy atom. The lowest BCUT2D eigenvalue weighted by molar-refractivity contribution is -0.0693. The van der Waals surface area contributed by atoms with Crippen LogP contribution >= 0.6 is 0 Å². The number of aldehydes is 1. The molecule has 0 spiro atoms. The maximum atomic E-state index is 13.1. The number of nitrogens with zero attached hydrogens (tertiary/aromatic N) is 2. The summed E-state index contributed by atoms with van der Waals surface area (Å²) >= 11 is 0. The predicted octanol–water partition coefficient (Wildman–Crippen LogP) is 4.49. The maximum absolute atomic E-state index is 13.1. The molecule has 0 unspecified atom stereocenters. The normalized spacial score (nSPS) is 15.8. The van der Waals surface area contributed by atoms with Crippen LogP contribution in [0.5, 0.6) is 0 Å². The molecule has 174 valence electrons. The molecule has 6 nitrogen and oxygen atoms in total. The molecule has 3 rings (SSSR count). The van der Waals surface area contributed by atoms with Gasteiger partial charge >= 0.3 is 6.18 Å². The number of rotatable bonds is 6. The number of benzene rings is 1. The summed E-state index contributed by atoms with van der Waals surface area (Å²) in [6.45, 7) is 5.34. The number of H-pyrrole nitrogens is 1. The summed E-state index contributed by atoms with van der Waals surface area (Å²) in [6.07, 6.45) is 0.0556. The molecule has 1 aliphatic heterocycles. The number of halogens is 4. The SMILES string of the molecule is CCOC1CCN(C)CC1.N=C(/C=C(\c1ncc(C=O)[nH]1)C(F)(F)F)c1ccc(F)cc1. The van der Waals surface area contributed by atoms with Gasteiger partial charge in [-0.15, -0.1) is 0 Å². The van der Waals surface area contributed by atoms with E-state index < -0.39 is 29.1 Å². The van der Waals surface area contributed by atoms with Crippen LogP contribution in [0.15, 0.2) is 36.5 Å². The van der Waals surface area contributed by atoms with E-state index in [1.165, 1.54) is 38.1 Å². The number of nitrogens with one attached hydrogen (secondary N) is 2. The first-order valence-electron chi connectivity index (χ1n) is 10.1. The van der Waals surface area contributed by atoms with Crippen molar-refractivity contribution in [3.8, 4) is 0 Å². The van der Waals surface area contributed by atoms with Gasteiger partial charge in [0, 0.05) is 19.7 Å². The van der Waals surface area contributed by atoms with Gasteiger partial charge in [-0.3, -0.25) is 4.79 Å². The first-order chi connectivity index (χ1) is 15.1. The number of allylic oxidation sites excluding steroid dienone is 2. The van der Waals surface area contributed by atoms with E-state index in [0.29, 0.717) is 18.5 Å². The minimum absolute atomic E-state index is 0.113. The molecule has 1 saturated heterocycles. The van der Waals surface area contributed by atoms with Gasteiger partial charge in [0.25, 0.3) is 0 Å². The fourth-order valence-corrected chi connectivity index (χ4v) is 3.06. The molecular formula is C22H26F4N4O2. The Kier molecular flexibility index (Phi) is 9.27. The van der Waals surface area contributed by atoms with E-state index in [0.717, 1.165) is 24.9 Å². The number of imidazole rings is 1. The zero-order chi connectivity index (χ0) is 23.7. The Morgan fingerprint density at radius 1 is 1.28 bits per heavy atom. The van der Waals surface area contributed by atoms with Crippen molar-refractivity contribution >= 4 is 17.6 Å². The number of aromatic nitrogens is 2. The van der Waals surface area contributed by atoms with Crippen LogP contribution in [-0.2, 0) is 4.74 Å². The van der Waals surface area contributed by atoms with Crippen molar-refractivity contribution in [2.24, 2.45) is 0 Å². The molecule has 2 heterocycles. The highest BCUT2D eigenvalue weighted by molar-refractivity contribution is 6.10. The number of ether oxygens (including phenoxy) is 1. The molecule has 0 bridgehead atoms. The Balaban J connectivity index is 0.000000303. The highest BCUT2D eigenvalue weighted by Crippen LogP contribution is 2.32. The Bertz CT molecular complexity index is 915. The van der Waals surface area contributed by atoms with Crippen molar-refractivity contribution in [2.45, 2.75) is 32.0 Å². The van der Waals surface area contributed by atoms with E-state index in [-0.39, 0.29) is 11.3 Å². The first-order valence-corrected chi connectivity index (χ1v) is 10.1. The maximum Gasteiger partial charge on any atom is 0.420 e. The van der Waals surface area contributed by atoms with Crippen LogP contribution in [0.1, 0.15) is 41.6 Å². The fraction of sp³-hybridized carbons (Fsp3) is 0.409. The zero-order valence-corrected chi connectivity index (χ0v) is 17.9. The van der Waals surface area contributed by atoms with Crippen molar-refractivity contribution in [3.05, 3.63) is 59.4 Å². The van der Waals surface area contributed by atoms with Crippen molar-refractivity contribution in [1.29, 1.82) is 5.41 Å². The lowest BCUT2D eigenvalue weighted by Crippen LogP contribution is -2.34. The number of hydrogen-bond acceptors (Lipinski definition) is 5. The number of hydrogen-bond donors (Lipinski definition) is 2. The molecule has 1 aliphatic rings. The summed E-state index contributed by atoms with van der Waals surface area (Å²) in [5, 5.41) is 7.70. The molecule has 10 heteroatoms. The first kappa shape index (κ1) is 25.4. The topological polar surface area (TPSA) is 82.1 Å². The van der Waals surface area contributed by atoms with Crippen LogP contribution in [0.3, 0.4) is 0 Å². The van der Waals surface area contributed by atoms with Gasteiger partial charge in [0.05, 0.1) is 23.7 Å². The van der Waals surface area contributed by atoms with Gasteiger partial charge in [-0.2, -0.15) is 13.2 Å². The van der Waals surface area contributed by atoms with Crippen LogP contribution in [0.2, 0.25) is 0 Å². The molecule has 0 radical (unpaired) electrons. The number of likely N-dealkylation sites (tertiary alicyclic amines) is 1. The minimum Gasteiger partial charge on any atom is -0.378 e. The zero-order valence-electron chi connectivity index (χ0n) is 17.9. The third-order valence-electron chi connectivity index (χ3n) is 4.79. The van der Waals surface area contributed by atoms with E-state index in [9.17, 15) is 22.4 Å². The van der Waals surface area contributed by atoms with Crippen LogP contribution in [-0.4, -0.2) is 65.9 Å². The lowest BCUT2D eigenvalue weighted by atomic mass is 10.1. The van der Waals surface area contributed by atoms with Crippen molar-refractivity contribution in [2.75, 3.05) is 26.7 Å². The Hall–Kier alpha value is -2.85. The van der Waals surface area contributed by atoms with E-state index in [1.807, 2.05) is 0 Å². The van der Waals surface area contributed by atoms with Gasteiger partial charge in [-0.1, -0.05) is 0 Å². The van der Waals surface area contributed by atoms with Crippen LogP contribution in [0, 0.1) is 11.2 Å². The number of carbonyl (C=O) groups is 1. The summed E-state index contributed by atoms with van der Waals surface area (Å²) in [5.41, 5.74) is -1.66.